The van der Waals surface area contributed by atoms with Crippen LogP contribution in [0.15, 0.2) is 30.3 Å². The highest BCUT2D eigenvalue weighted by molar-refractivity contribution is 5.73. The van der Waals surface area contributed by atoms with E-state index >= 15 is 0 Å². The van der Waals surface area contributed by atoms with Gasteiger partial charge in [0.05, 0.1) is 5.69 Å². The van der Waals surface area contributed by atoms with E-state index in [1.54, 1.807) is 25.1 Å². The van der Waals surface area contributed by atoms with Gasteiger partial charge in [-0.3, -0.25) is 4.79 Å². The molecular weight excluding hydrogens is 249 g/mol. The molecule has 0 saturated carbocycles. The van der Waals surface area contributed by atoms with Crippen molar-refractivity contribution in [3.63, 3.8) is 0 Å². The Morgan fingerprint density at radius 3 is 2.63 bits per heavy atom. The molecular formula is C13H12FN3O2. The van der Waals surface area contributed by atoms with E-state index in [0.29, 0.717) is 17.3 Å². The number of rotatable bonds is 4. The minimum Gasteiger partial charge on any atom is -0.480 e. The summed E-state index contributed by atoms with van der Waals surface area (Å²) in [4.78, 5) is 18.8. The molecule has 0 amide bonds. The van der Waals surface area contributed by atoms with E-state index in [-0.39, 0.29) is 12.4 Å². The number of halogens is 1. The summed E-state index contributed by atoms with van der Waals surface area (Å²) >= 11 is 0. The van der Waals surface area contributed by atoms with Crippen LogP contribution in [0.1, 0.15) is 5.82 Å². The van der Waals surface area contributed by atoms with Gasteiger partial charge in [0.15, 0.2) is 0 Å². The molecule has 0 atom stereocenters. The zero-order valence-corrected chi connectivity index (χ0v) is 10.2. The van der Waals surface area contributed by atoms with Crippen LogP contribution in [-0.2, 0) is 4.79 Å². The highest BCUT2D eigenvalue weighted by Gasteiger charge is 2.05. The van der Waals surface area contributed by atoms with E-state index in [1.807, 2.05) is 0 Å². The van der Waals surface area contributed by atoms with Crippen molar-refractivity contribution in [2.75, 3.05) is 11.9 Å². The lowest BCUT2D eigenvalue weighted by molar-refractivity contribution is -0.134. The van der Waals surface area contributed by atoms with Crippen molar-refractivity contribution in [2.24, 2.45) is 0 Å². The SMILES string of the molecule is Cc1nc(NCC(=O)O)cc(-c2ccc(F)cc2)n1. The molecule has 5 nitrogen and oxygen atoms in total. The minimum atomic E-state index is -0.973. The number of anilines is 1. The van der Waals surface area contributed by atoms with E-state index in [9.17, 15) is 9.18 Å². The topological polar surface area (TPSA) is 75.1 Å². The fourth-order valence-electron chi connectivity index (χ4n) is 1.59. The molecule has 2 N–H and O–H groups in total. The molecule has 6 heteroatoms. The number of nitrogens with zero attached hydrogens (tertiary/aromatic N) is 2. The summed E-state index contributed by atoms with van der Waals surface area (Å²) in [5.41, 5.74) is 1.35. The highest BCUT2D eigenvalue weighted by Crippen LogP contribution is 2.20. The smallest absolute Gasteiger partial charge is 0.322 e. The summed E-state index contributed by atoms with van der Waals surface area (Å²) in [5.74, 6) is -0.359. The summed E-state index contributed by atoms with van der Waals surface area (Å²) in [7, 11) is 0. The van der Waals surface area contributed by atoms with Crippen molar-refractivity contribution in [3.05, 3.63) is 42.0 Å². The molecule has 0 aliphatic heterocycles. The van der Waals surface area contributed by atoms with Crippen molar-refractivity contribution in [1.29, 1.82) is 0 Å². The lowest BCUT2D eigenvalue weighted by atomic mass is 10.1. The van der Waals surface area contributed by atoms with Gasteiger partial charge < -0.3 is 10.4 Å². The van der Waals surface area contributed by atoms with Crippen LogP contribution < -0.4 is 5.32 Å². The van der Waals surface area contributed by atoms with Crippen LogP contribution in [0.4, 0.5) is 10.2 Å². The zero-order valence-electron chi connectivity index (χ0n) is 10.2. The third kappa shape index (κ3) is 3.48. The van der Waals surface area contributed by atoms with Gasteiger partial charge in [0.25, 0.3) is 0 Å². The Morgan fingerprint density at radius 1 is 1.32 bits per heavy atom. The van der Waals surface area contributed by atoms with Crippen LogP contribution in [0.2, 0.25) is 0 Å². The quantitative estimate of drug-likeness (QED) is 0.881. The molecule has 2 aromatic rings. The number of nitrogens with one attached hydrogen (secondary N) is 1. The van der Waals surface area contributed by atoms with E-state index in [0.717, 1.165) is 5.56 Å². The summed E-state index contributed by atoms with van der Waals surface area (Å²) in [6.07, 6.45) is 0. The number of aromatic nitrogens is 2. The number of carboxylic acids is 1. The van der Waals surface area contributed by atoms with E-state index in [2.05, 4.69) is 15.3 Å². The van der Waals surface area contributed by atoms with Crippen molar-refractivity contribution >= 4 is 11.8 Å². The third-order valence-corrected chi connectivity index (χ3v) is 2.40. The molecule has 1 heterocycles. The van der Waals surface area contributed by atoms with Crippen LogP contribution in [0.5, 0.6) is 0 Å². The normalized spacial score (nSPS) is 10.2. The average molecular weight is 261 g/mol. The van der Waals surface area contributed by atoms with Crippen LogP contribution in [0.3, 0.4) is 0 Å². The zero-order chi connectivity index (χ0) is 13.8. The van der Waals surface area contributed by atoms with Crippen LogP contribution in [-0.4, -0.2) is 27.6 Å². The number of aryl methyl sites for hydroxylation is 1. The van der Waals surface area contributed by atoms with E-state index < -0.39 is 5.97 Å². The highest BCUT2D eigenvalue weighted by atomic mass is 19.1. The molecule has 0 radical (unpaired) electrons. The molecule has 19 heavy (non-hydrogen) atoms. The second-order valence-corrected chi connectivity index (χ2v) is 3.94. The van der Waals surface area contributed by atoms with Gasteiger partial charge in [-0.1, -0.05) is 0 Å². The van der Waals surface area contributed by atoms with Gasteiger partial charge in [-0.2, -0.15) is 0 Å². The first-order chi connectivity index (χ1) is 9.04. The van der Waals surface area contributed by atoms with Crippen LogP contribution >= 0.6 is 0 Å². The van der Waals surface area contributed by atoms with Crippen LogP contribution in [0.25, 0.3) is 11.3 Å². The van der Waals surface area contributed by atoms with Crippen LogP contribution in [0, 0.1) is 12.7 Å². The van der Waals surface area contributed by atoms with Crippen molar-refractivity contribution in [2.45, 2.75) is 6.92 Å². The second kappa shape index (κ2) is 5.43. The molecule has 0 aliphatic rings. The Bertz CT molecular complexity index is 599. The maximum Gasteiger partial charge on any atom is 0.322 e. The molecule has 0 saturated heterocycles. The summed E-state index contributed by atoms with van der Waals surface area (Å²) in [5, 5.41) is 11.3. The molecule has 0 bridgehead atoms. The monoisotopic (exact) mass is 261 g/mol. The van der Waals surface area contributed by atoms with Gasteiger partial charge in [0.1, 0.15) is 24.0 Å². The minimum absolute atomic E-state index is 0.223. The standard InChI is InChI=1S/C13H12FN3O2/c1-8-16-11(9-2-4-10(14)5-3-9)6-12(17-8)15-7-13(18)19/h2-6H,7H2,1H3,(H,18,19)(H,15,16,17). The average Bonchev–Trinajstić information content (AvgIpc) is 2.36. The first-order valence-electron chi connectivity index (χ1n) is 5.62. The molecule has 0 unspecified atom stereocenters. The van der Waals surface area contributed by atoms with Gasteiger partial charge in [0, 0.05) is 11.6 Å². The molecule has 0 fully saturated rings. The summed E-state index contributed by atoms with van der Waals surface area (Å²) < 4.78 is 12.9. The number of benzene rings is 1. The molecule has 0 spiro atoms. The van der Waals surface area contributed by atoms with Gasteiger partial charge in [-0.05, 0) is 31.2 Å². The molecule has 98 valence electrons. The summed E-state index contributed by atoms with van der Waals surface area (Å²) in [6, 6.07) is 7.54. The number of aliphatic carboxylic acids is 1. The molecule has 0 aliphatic carbocycles. The number of carboxylic acid groups (broad SMARTS) is 1. The predicted molar refractivity (Wildman–Crippen MR) is 68.3 cm³/mol. The molecule has 1 aromatic heterocycles. The fraction of sp³-hybridized carbons (Fsp3) is 0.154. The Balaban J connectivity index is 2.30. The second-order valence-electron chi connectivity index (χ2n) is 3.94. The largest absolute Gasteiger partial charge is 0.480 e. The lowest BCUT2D eigenvalue weighted by Gasteiger charge is -2.07. The number of carbonyl (C=O) groups is 1. The predicted octanol–water partition coefficient (Wildman–Crippen LogP) is 2.09. The van der Waals surface area contributed by atoms with Gasteiger partial charge in [0.2, 0.25) is 0 Å². The number of hydrogen-bond donors (Lipinski definition) is 2. The Kier molecular flexibility index (Phi) is 3.70. The fourth-order valence-corrected chi connectivity index (χ4v) is 1.59. The lowest BCUT2D eigenvalue weighted by Crippen LogP contribution is -2.13. The van der Waals surface area contributed by atoms with E-state index in [4.69, 9.17) is 5.11 Å². The number of hydrogen-bond acceptors (Lipinski definition) is 4. The molecule has 2 rings (SSSR count). The van der Waals surface area contributed by atoms with Crippen molar-refractivity contribution in [3.8, 4) is 11.3 Å². The Hall–Kier alpha value is -2.50. The van der Waals surface area contributed by atoms with Gasteiger partial charge in [-0.15, -0.1) is 0 Å². The van der Waals surface area contributed by atoms with Crippen molar-refractivity contribution in [1.82, 2.24) is 9.97 Å². The van der Waals surface area contributed by atoms with Gasteiger partial charge in [-0.25, -0.2) is 14.4 Å². The Morgan fingerprint density at radius 2 is 2.00 bits per heavy atom. The molecule has 1 aromatic carbocycles. The Labute approximate surface area is 109 Å². The van der Waals surface area contributed by atoms with Gasteiger partial charge >= 0.3 is 5.97 Å². The first-order valence-corrected chi connectivity index (χ1v) is 5.62. The first kappa shape index (κ1) is 12.9. The maximum absolute atomic E-state index is 12.9. The third-order valence-electron chi connectivity index (χ3n) is 2.40. The van der Waals surface area contributed by atoms with E-state index in [1.165, 1.54) is 12.1 Å². The summed E-state index contributed by atoms with van der Waals surface area (Å²) in [6.45, 7) is 1.48. The maximum atomic E-state index is 12.9. The van der Waals surface area contributed by atoms with Crippen molar-refractivity contribution < 1.29 is 14.3 Å².